The first-order chi connectivity index (χ1) is 14.9. The van der Waals surface area contributed by atoms with Crippen molar-refractivity contribution in [2.75, 3.05) is 38.0 Å². The monoisotopic (exact) mass is 423 g/mol. The van der Waals surface area contributed by atoms with Crippen LogP contribution in [0.15, 0.2) is 30.3 Å². The van der Waals surface area contributed by atoms with E-state index >= 15 is 0 Å². The maximum Gasteiger partial charge on any atom is 0.257 e. The second-order valence-electron chi connectivity index (χ2n) is 8.24. The second-order valence-corrected chi connectivity index (χ2v) is 8.24. The SMILES string of the molecule is CCCCOc1cc2c(cc1OC)C(=O)N1Cc3cc(N(C)C)ccc3CC1C(=O)N2. The fraction of sp³-hybridized carbons (Fsp3) is 0.417. The highest BCUT2D eigenvalue weighted by atomic mass is 16.5. The molecule has 2 aliphatic heterocycles. The first-order valence-corrected chi connectivity index (χ1v) is 10.7. The minimum absolute atomic E-state index is 0.181. The van der Waals surface area contributed by atoms with Crippen LogP contribution in [0.5, 0.6) is 11.5 Å². The van der Waals surface area contributed by atoms with Crippen LogP contribution < -0.4 is 19.7 Å². The molecule has 7 heteroatoms. The molecule has 0 radical (unpaired) electrons. The summed E-state index contributed by atoms with van der Waals surface area (Å²) in [5, 5.41) is 2.95. The number of ether oxygens (including phenoxy) is 2. The number of anilines is 2. The summed E-state index contributed by atoms with van der Waals surface area (Å²) >= 11 is 0. The summed E-state index contributed by atoms with van der Waals surface area (Å²) in [5.41, 5.74) is 4.12. The van der Waals surface area contributed by atoms with Crippen molar-refractivity contribution in [3.63, 3.8) is 0 Å². The third kappa shape index (κ3) is 3.92. The molecule has 2 aliphatic rings. The molecular formula is C24H29N3O4. The summed E-state index contributed by atoms with van der Waals surface area (Å²) < 4.78 is 11.3. The van der Waals surface area contributed by atoms with Crippen LogP contribution in [0.25, 0.3) is 0 Å². The summed E-state index contributed by atoms with van der Waals surface area (Å²) in [6.45, 7) is 3.03. The molecule has 1 unspecified atom stereocenters. The van der Waals surface area contributed by atoms with Crippen LogP contribution >= 0.6 is 0 Å². The van der Waals surface area contributed by atoms with Crippen LogP contribution in [0.3, 0.4) is 0 Å². The Morgan fingerprint density at radius 1 is 1.13 bits per heavy atom. The van der Waals surface area contributed by atoms with Crippen molar-refractivity contribution in [3.05, 3.63) is 47.0 Å². The average Bonchev–Trinajstić information content (AvgIpc) is 2.86. The van der Waals surface area contributed by atoms with E-state index in [0.717, 1.165) is 29.7 Å². The average molecular weight is 424 g/mol. The van der Waals surface area contributed by atoms with Crippen molar-refractivity contribution in [2.24, 2.45) is 0 Å². The minimum Gasteiger partial charge on any atom is -0.493 e. The number of methoxy groups -OCH3 is 1. The maximum atomic E-state index is 13.5. The number of hydrogen-bond donors (Lipinski definition) is 1. The first-order valence-electron chi connectivity index (χ1n) is 10.7. The summed E-state index contributed by atoms with van der Waals surface area (Å²) in [6.07, 6.45) is 2.41. The van der Waals surface area contributed by atoms with E-state index in [9.17, 15) is 9.59 Å². The van der Waals surface area contributed by atoms with Gasteiger partial charge in [-0.25, -0.2) is 0 Å². The van der Waals surface area contributed by atoms with Crippen molar-refractivity contribution in [1.29, 1.82) is 0 Å². The van der Waals surface area contributed by atoms with Crippen molar-refractivity contribution in [2.45, 2.75) is 38.8 Å². The van der Waals surface area contributed by atoms with Gasteiger partial charge in [0.1, 0.15) is 6.04 Å². The number of nitrogens with zero attached hydrogens (tertiary/aromatic N) is 2. The number of fused-ring (bicyclic) bond motifs is 3. The maximum absolute atomic E-state index is 13.5. The number of amides is 2. The smallest absolute Gasteiger partial charge is 0.257 e. The Bertz CT molecular complexity index is 1020. The van der Waals surface area contributed by atoms with E-state index in [2.05, 4.69) is 24.4 Å². The normalized spacial score (nSPS) is 17.2. The zero-order valence-corrected chi connectivity index (χ0v) is 18.5. The number of nitrogens with one attached hydrogen (secondary N) is 1. The fourth-order valence-electron chi connectivity index (χ4n) is 4.11. The zero-order valence-electron chi connectivity index (χ0n) is 18.5. The van der Waals surface area contributed by atoms with Crippen LogP contribution in [-0.4, -0.2) is 50.6 Å². The third-order valence-electron chi connectivity index (χ3n) is 5.95. The Morgan fingerprint density at radius 2 is 1.94 bits per heavy atom. The molecule has 7 nitrogen and oxygen atoms in total. The van der Waals surface area contributed by atoms with Gasteiger partial charge in [0.2, 0.25) is 5.91 Å². The van der Waals surface area contributed by atoms with Crippen molar-refractivity contribution >= 4 is 23.2 Å². The summed E-state index contributed by atoms with van der Waals surface area (Å²) in [7, 11) is 5.53. The Hall–Kier alpha value is -3.22. The Morgan fingerprint density at radius 3 is 2.65 bits per heavy atom. The van der Waals surface area contributed by atoms with Gasteiger partial charge >= 0.3 is 0 Å². The van der Waals surface area contributed by atoms with Gasteiger partial charge in [-0.1, -0.05) is 19.4 Å². The highest BCUT2D eigenvalue weighted by Crippen LogP contribution is 2.38. The van der Waals surface area contributed by atoms with E-state index in [1.807, 2.05) is 25.1 Å². The molecule has 0 saturated heterocycles. The van der Waals surface area contributed by atoms with Gasteiger partial charge in [0, 0.05) is 38.8 Å². The first kappa shape index (κ1) is 21.0. The third-order valence-corrected chi connectivity index (χ3v) is 5.95. The zero-order chi connectivity index (χ0) is 22.1. The van der Waals surface area contributed by atoms with Gasteiger partial charge in [-0.3, -0.25) is 9.59 Å². The van der Waals surface area contributed by atoms with E-state index in [1.54, 1.807) is 24.1 Å². The molecule has 0 aromatic heterocycles. The molecule has 2 amide bonds. The molecule has 0 aliphatic carbocycles. The van der Waals surface area contributed by atoms with E-state index in [1.165, 1.54) is 0 Å². The molecule has 2 aromatic rings. The van der Waals surface area contributed by atoms with E-state index < -0.39 is 6.04 Å². The van der Waals surface area contributed by atoms with Crippen molar-refractivity contribution in [1.82, 2.24) is 4.90 Å². The molecule has 31 heavy (non-hydrogen) atoms. The van der Waals surface area contributed by atoms with Gasteiger partial charge in [0.25, 0.3) is 5.91 Å². The minimum atomic E-state index is -0.548. The van der Waals surface area contributed by atoms with Crippen LogP contribution in [-0.2, 0) is 17.8 Å². The number of unbranched alkanes of at least 4 members (excludes halogenated alkanes) is 1. The highest BCUT2D eigenvalue weighted by Gasteiger charge is 2.39. The molecule has 0 saturated carbocycles. The molecule has 2 heterocycles. The van der Waals surface area contributed by atoms with Gasteiger partial charge in [-0.15, -0.1) is 0 Å². The summed E-state index contributed by atoms with van der Waals surface area (Å²) in [4.78, 5) is 30.3. The molecule has 1 N–H and O–H groups in total. The molecule has 4 rings (SSSR count). The molecule has 0 bridgehead atoms. The highest BCUT2D eigenvalue weighted by molar-refractivity contribution is 6.10. The predicted octanol–water partition coefficient (Wildman–Crippen LogP) is 3.46. The second kappa shape index (κ2) is 8.49. The van der Waals surface area contributed by atoms with E-state index in [-0.39, 0.29) is 11.8 Å². The topological polar surface area (TPSA) is 71.1 Å². The number of benzene rings is 2. The molecule has 2 aromatic carbocycles. The van der Waals surface area contributed by atoms with Gasteiger partial charge in [-0.2, -0.15) is 0 Å². The lowest BCUT2D eigenvalue weighted by molar-refractivity contribution is -0.120. The van der Waals surface area contributed by atoms with E-state index in [4.69, 9.17) is 9.47 Å². The van der Waals surface area contributed by atoms with Gasteiger partial charge in [-0.05, 0) is 35.7 Å². The lowest BCUT2D eigenvalue weighted by atomic mass is 9.92. The van der Waals surface area contributed by atoms with Crippen LogP contribution in [0.1, 0.15) is 41.3 Å². The Balaban J connectivity index is 1.70. The van der Waals surface area contributed by atoms with Gasteiger partial charge < -0.3 is 24.6 Å². The predicted molar refractivity (Wildman–Crippen MR) is 120 cm³/mol. The molecule has 0 spiro atoms. The van der Waals surface area contributed by atoms with Gasteiger partial charge in [0.05, 0.1) is 25.0 Å². The largest absolute Gasteiger partial charge is 0.493 e. The molecule has 0 fully saturated rings. The number of carbonyl (C=O) groups excluding carboxylic acids is 2. The van der Waals surface area contributed by atoms with Crippen molar-refractivity contribution in [3.8, 4) is 11.5 Å². The number of carbonyl (C=O) groups is 2. The number of rotatable bonds is 6. The van der Waals surface area contributed by atoms with Crippen molar-refractivity contribution < 1.29 is 19.1 Å². The standard InChI is InChI=1S/C24H29N3O4/c1-5-6-9-31-22-13-19-18(12-21(22)30-4)24(29)27-14-16-10-17(26(2)3)8-7-15(16)11-20(27)23(28)25-19/h7-8,10,12-13,20H,5-6,9,11,14H2,1-4H3,(H,25,28). The summed E-state index contributed by atoms with van der Waals surface area (Å²) in [5.74, 6) is 0.654. The summed E-state index contributed by atoms with van der Waals surface area (Å²) in [6, 6.07) is 9.02. The quantitative estimate of drug-likeness (QED) is 0.721. The molecule has 164 valence electrons. The Labute approximate surface area is 182 Å². The lowest BCUT2D eigenvalue weighted by Gasteiger charge is -2.34. The van der Waals surface area contributed by atoms with Crippen LogP contribution in [0, 0.1) is 0 Å². The fourth-order valence-corrected chi connectivity index (χ4v) is 4.11. The van der Waals surface area contributed by atoms with Gasteiger partial charge in [0.15, 0.2) is 11.5 Å². The van der Waals surface area contributed by atoms with Crippen LogP contribution in [0.2, 0.25) is 0 Å². The number of hydrogen-bond acceptors (Lipinski definition) is 5. The molecule has 1 atom stereocenters. The lowest BCUT2D eigenvalue weighted by Crippen LogP contribution is -2.48. The Kier molecular flexibility index (Phi) is 5.76. The van der Waals surface area contributed by atoms with Crippen LogP contribution in [0.4, 0.5) is 11.4 Å². The molecular weight excluding hydrogens is 394 g/mol. The van der Waals surface area contributed by atoms with E-state index in [0.29, 0.717) is 42.3 Å².